The Morgan fingerprint density at radius 1 is 1.73 bits per heavy atom. The Hall–Kier alpha value is -1.36. The van der Waals surface area contributed by atoms with E-state index in [0.717, 1.165) is 5.56 Å². The molecule has 15 heavy (non-hydrogen) atoms. The molecule has 1 unspecified atom stereocenters. The molecule has 0 saturated heterocycles. The van der Waals surface area contributed by atoms with Crippen LogP contribution < -0.4 is 5.73 Å². The highest BCUT2D eigenvalue weighted by Crippen LogP contribution is 2.07. The summed E-state index contributed by atoms with van der Waals surface area (Å²) in [6, 6.07) is 1.81. The van der Waals surface area contributed by atoms with Crippen molar-refractivity contribution in [1.82, 2.24) is 4.90 Å². The lowest BCUT2D eigenvalue weighted by molar-refractivity contribution is -0.132. The lowest BCUT2D eigenvalue weighted by atomic mass is 10.1. The van der Waals surface area contributed by atoms with Crippen molar-refractivity contribution in [3.63, 3.8) is 0 Å². The van der Waals surface area contributed by atoms with Crippen molar-refractivity contribution in [1.29, 1.82) is 0 Å². The summed E-state index contributed by atoms with van der Waals surface area (Å²) in [5.41, 5.74) is 6.36. The monoisotopic (exact) mass is 226 g/mol. The molecule has 82 valence electrons. The van der Waals surface area contributed by atoms with Crippen LogP contribution in [0.2, 0.25) is 0 Å². The molecule has 0 aliphatic carbocycles. The fourth-order valence-electron chi connectivity index (χ4n) is 1.19. The van der Waals surface area contributed by atoms with Gasteiger partial charge in [-0.1, -0.05) is 12.2 Å². The highest BCUT2D eigenvalue weighted by Gasteiger charge is 2.19. The van der Waals surface area contributed by atoms with E-state index in [9.17, 15) is 4.79 Å². The molecule has 0 aliphatic rings. The van der Waals surface area contributed by atoms with Gasteiger partial charge in [-0.25, -0.2) is 0 Å². The summed E-state index contributed by atoms with van der Waals surface area (Å²) in [5.74, 6) is -0.499. The Labute approximate surface area is 94.0 Å². The summed E-state index contributed by atoms with van der Waals surface area (Å²) in [6.07, 6.45) is 3.18. The molecule has 0 fully saturated rings. The van der Waals surface area contributed by atoms with Gasteiger partial charge in [0.2, 0.25) is 5.91 Å². The zero-order valence-corrected chi connectivity index (χ0v) is 9.58. The predicted molar refractivity (Wildman–Crippen MR) is 61.1 cm³/mol. The van der Waals surface area contributed by atoms with E-state index in [1.54, 1.807) is 31.4 Å². The third kappa shape index (κ3) is 3.06. The molecule has 0 radical (unpaired) electrons. The van der Waals surface area contributed by atoms with E-state index in [2.05, 4.69) is 0 Å². The Bertz CT molecular complexity index is 348. The zero-order valence-electron chi connectivity index (χ0n) is 8.77. The predicted octanol–water partition coefficient (Wildman–Crippen LogP) is 1.16. The molecule has 1 aromatic rings. The SMILES string of the molecule is CC(C(=O)N(C)Cc1ccoc1)C(N)=S. The summed E-state index contributed by atoms with van der Waals surface area (Å²) in [5, 5.41) is 0. The Morgan fingerprint density at radius 2 is 2.40 bits per heavy atom. The molecule has 1 heterocycles. The van der Waals surface area contributed by atoms with Gasteiger partial charge >= 0.3 is 0 Å². The van der Waals surface area contributed by atoms with Crippen molar-refractivity contribution in [3.8, 4) is 0 Å². The number of furan rings is 1. The zero-order chi connectivity index (χ0) is 11.4. The maximum atomic E-state index is 11.7. The molecule has 1 rings (SSSR count). The number of nitrogens with zero attached hydrogens (tertiary/aromatic N) is 1. The number of carbonyl (C=O) groups is 1. The average molecular weight is 226 g/mol. The van der Waals surface area contributed by atoms with Crippen LogP contribution >= 0.6 is 12.2 Å². The van der Waals surface area contributed by atoms with Gasteiger partial charge in [-0.3, -0.25) is 4.79 Å². The van der Waals surface area contributed by atoms with Crippen molar-refractivity contribution in [3.05, 3.63) is 24.2 Å². The highest BCUT2D eigenvalue weighted by atomic mass is 32.1. The largest absolute Gasteiger partial charge is 0.472 e. The molecule has 1 amide bonds. The van der Waals surface area contributed by atoms with Gasteiger partial charge in [0.1, 0.15) is 0 Å². The quantitative estimate of drug-likeness (QED) is 0.783. The van der Waals surface area contributed by atoms with Crippen LogP contribution in [0.3, 0.4) is 0 Å². The average Bonchev–Trinajstić information content (AvgIpc) is 2.67. The molecule has 1 atom stereocenters. The fraction of sp³-hybridized carbons (Fsp3) is 0.400. The van der Waals surface area contributed by atoms with Gasteiger partial charge in [0, 0.05) is 19.2 Å². The van der Waals surface area contributed by atoms with Crippen LogP contribution in [0.25, 0.3) is 0 Å². The second-order valence-corrected chi connectivity index (χ2v) is 3.92. The Kier molecular flexibility index (Phi) is 3.85. The van der Waals surface area contributed by atoms with Crippen LogP contribution in [-0.2, 0) is 11.3 Å². The maximum absolute atomic E-state index is 11.7. The molecule has 0 aromatic carbocycles. The van der Waals surface area contributed by atoms with E-state index < -0.39 is 5.92 Å². The lowest BCUT2D eigenvalue weighted by Gasteiger charge is -2.19. The van der Waals surface area contributed by atoms with E-state index in [4.69, 9.17) is 22.4 Å². The number of carbonyl (C=O) groups excluding carboxylic acids is 1. The van der Waals surface area contributed by atoms with E-state index in [1.807, 2.05) is 6.07 Å². The van der Waals surface area contributed by atoms with Crippen LogP contribution in [0.5, 0.6) is 0 Å². The number of nitrogens with two attached hydrogens (primary N) is 1. The van der Waals surface area contributed by atoms with Gasteiger partial charge in [-0.05, 0) is 13.0 Å². The minimum absolute atomic E-state index is 0.0799. The van der Waals surface area contributed by atoms with Crippen LogP contribution in [0.1, 0.15) is 12.5 Å². The molecule has 2 N–H and O–H groups in total. The highest BCUT2D eigenvalue weighted by molar-refractivity contribution is 7.80. The first kappa shape index (κ1) is 11.7. The van der Waals surface area contributed by atoms with Crippen LogP contribution in [0.15, 0.2) is 23.0 Å². The number of amides is 1. The molecule has 5 heteroatoms. The van der Waals surface area contributed by atoms with E-state index in [1.165, 1.54) is 0 Å². The minimum Gasteiger partial charge on any atom is -0.472 e. The van der Waals surface area contributed by atoms with Gasteiger partial charge in [-0.2, -0.15) is 0 Å². The second-order valence-electron chi connectivity index (χ2n) is 3.45. The standard InChI is InChI=1S/C10H14N2O2S/c1-7(9(11)15)10(13)12(2)5-8-3-4-14-6-8/h3-4,6-7H,5H2,1-2H3,(H2,11,15). The third-order valence-electron chi connectivity index (χ3n) is 2.17. The van der Waals surface area contributed by atoms with Crippen molar-refractivity contribution in [2.75, 3.05) is 7.05 Å². The first-order valence-electron chi connectivity index (χ1n) is 4.57. The molecular weight excluding hydrogens is 212 g/mol. The first-order chi connectivity index (χ1) is 7.02. The number of hydrogen-bond donors (Lipinski definition) is 1. The number of hydrogen-bond acceptors (Lipinski definition) is 3. The topological polar surface area (TPSA) is 59.5 Å². The number of rotatable bonds is 4. The summed E-state index contributed by atoms with van der Waals surface area (Å²) in [6.45, 7) is 2.21. The number of thiocarbonyl (C=S) groups is 1. The summed E-state index contributed by atoms with van der Waals surface area (Å²) in [7, 11) is 1.71. The van der Waals surface area contributed by atoms with Gasteiger partial charge in [0.05, 0.1) is 23.4 Å². The molecule has 0 aliphatic heterocycles. The molecule has 0 spiro atoms. The fourth-order valence-corrected chi connectivity index (χ4v) is 1.29. The van der Waals surface area contributed by atoms with Crippen LogP contribution in [0, 0.1) is 5.92 Å². The third-order valence-corrected chi connectivity index (χ3v) is 2.53. The maximum Gasteiger partial charge on any atom is 0.232 e. The molecular formula is C10H14N2O2S. The van der Waals surface area contributed by atoms with Crippen molar-refractivity contribution in [2.45, 2.75) is 13.5 Å². The second kappa shape index (κ2) is 4.93. The molecule has 1 aromatic heterocycles. The molecule has 4 nitrogen and oxygen atoms in total. The van der Waals surface area contributed by atoms with E-state index in [-0.39, 0.29) is 10.9 Å². The normalized spacial score (nSPS) is 12.1. The molecule has 0 bridgehead atoms. The van der Waals surface area contributed by atoms with Crippen molar-refractivity contribution < 1.29 is 9.21 Å². The Morgan fingerprint density at radius 3 is 2.87 bits per heavy atom. The van der Waals surface area contributed by atoms with E-state index >= 15 is 0 Å². The van der Waals surface area contributed by atoms with Gasteiger partial charge in [-0.15, -0.1) is 0 Å². The summed E-state index contributed by atoms with van der Waals surface area (Å²) < 4.78 is 4.91. The minimum atomic E-state index is -0.420. The van der Waals surface area contributed by atoms with Crippen molar-refractivity contribution in [2.24, 2.45) is 11.7 Å². The summed E-state index contributed by atoms with van der Waals surface area (Å²) in [4.78, 5) is 13.5. The molecule has 0 saturated carbocycles. The first-order valence-corrected chi connectivity index (χ1v) is 4.98. The van der Waals surface area contributed by atoms with E-state index in [0.29, 0.717) is 6.54 Å². The van der Waals surface area contributed by atoms with Gasteiger partial charge in [0.25, 0.3) is 0 Å². The smallest absolute Gasteiger partial charge is 0.232 e. The van der Waals surface area contributed by atoms with Crippen LogP contribution in [0.4, 0.5) is 0 Å². The van der Waals surface area contributed by atoms with Gasteiger partial charge < -0.3 is 15.1 Å². The van der Waals surface area contributed by atoms with Crippen molar-refractivity contribution >= 4 is 23.1 Å². The summed E-state index contributed by atoms with van der Waals surface area (Å²) >= 11 is 4.77. The Balaban J connectivity index is 2.57. The van der Waals surface area contributed by atoms with Gasteiger partial charge in [0.15, 0.2) is 0 Å². The van der Waals surface area contributed by atoms with Crippen LogP contribution in [-0.4, -0.2) is 22.8 Å². The lowest BCUT2D eigenvalue weighted by Crippen LogP contribution is -2.37.